The molecule has 0 aromatic heterocycles. The van der Waals surface area contributed by atoms with E-state index in [0.29, 0.717) is 0 Å². The number of rotatable bonds is 4. The second kappa shape index (κ2) is 4.05. The van der Waals surface area contributed by atoms with E-state index in [1.165, 1.54) is 5.06 Å². The molecule has 0 heterocycles. The van der Waals surface area contributed by atoms with Crippen LogP contribution in [0.1, 0.15) is 0 Å². The molecule has 10 heavy (non-hydrogen) atoms. The van der Waals surface area contributed by atoms with Crippen molar-refractivity contribution in [3.05, 3.63) is 0 Å². The van der Waals surface area contributed by atoms with Crippen molar-refractivity contribution in [2.75, 3.05) is 26.9 Å². The molecule has 0 aromatic rings. The molecular formula is C4H12NO4P. The summed E-state index contributed by atoms with van der Waals surface area (Å²) < 4.78 is 10.2. The molecule has 0 fully saturated rings. The van der Waals surface area contributed by atoms with Gasteiger partial charge < -0.3 is 9.79 Å². The monoisotopic (exact) mass is 169 g/mol. The maximum Gasteiger partial charge on any atom is 0.327 e. The SMILES string of the molecule is CN(C)OCCP(=O)(O)O. The molecule has 6 heteroatoms. The predicted octanol–water partition coefficient (Wildman–Crippen LogP) is -0.343. The predicted molar refractivity (Wildman–Crippen MR) is 36.6 cm³/mol. The van der Waals surface area contributed by atoms with Crippen LogP contribution in [0.4, 0.5) is 0 Å². The standard InChI is InChI=1S/C4H12NO4P/c1-5(2)9-3-4-10(6,7)8/h3-4H2,1-2H3,(H2,6,7,8). The minimum atomic E-state index is -3.87. The van der Waals surface area contributed by atoms with Crippen molar-refractivity contribution >= 4 is 7.60 Å². The average molecular weight is 169 g/mol. The minimum Gasteiger partial charge on any atom is -0.324 e. The van der Waals surface area contributed by atoms with Gasteiger partial charge in [-0.1, -0.05) is 0 Å². The van der Waals surface area contributed by atoms with E-state index in [1.807, 2.05) is 0 Å². The molecule has 0 aliphatic heterocycles. The Bertz CT molecular complexity index is 131. The lowest BCUT2D eigenvalue weighted by Crippen LogP contribution is -2.15. The van der Waals surface area contributed by atoms with Crippen LogP contribution in [0, 0.1) is 0 Å². The number of hydroxylamine groups is 2. The Balaban J connectivity index is 3.30. The highest BCUT2D eigenvalue weighted by atomic mass is 31.2. The summed E-state index contributed by atoms with van der Waals surface area (Å²) >= 11 is 0. The molecule has 0 rings (SSSR count). The van der Waals surface area contributed by atoms with Gasteiger partial charge in [0.25, 0.3) is 0 Å². The van der Waals surface area contributed by atoms with E-state index in [1.54, 1.807) is 14.1 Å². The zero-order valence-electron chi connectivity index (χ0n) is 6.02. The third kappa shape index (κ3) is 8.07. The summed E-state index contributed by atoms with van der Waals surface area (Å²) in [7, 11) is -0.569. The van der Waals surface area contributed by atoms with Crippen LogP contribution in [0.15, 0.2) is 0 Å². The van der Waals surface area contributed by atoms with Gasteiger partial charge in [0.1, 0.15) is 0 Å². The van der Waals surface area contributed by atoms with Gasteiger partial charge in [0.05, 0.1) is 12.8 Å². The maximum atomic E-state index is 10.2. The molecule has 0 aliphatic rings. The van der Waals surface area contributed by atoms with Gasteiger partial charge in [-0.3, -0.25) is 9.40 Å². The zero-order chi connectivity index (χ0) is 8.20. The lowest BCUT2D eigenvalue weighted by atomic mass is 10.9. The second-order valence-corrected chi connectivity index (χ2v) is 3.81. The molecule has 0 atom stereocenters. The molecule has 0 saturated carbocycles. The highest BCUT2D eigenvalue weighted by Crippen LogP contribution is 2.33. The van der Waals surface area contributed by atoms with Crippen molar-refractivity contribution < 1.29 is 19.2 Å². The normalized spacial score (nSPS) is 12.5. The molecular weight excluding hydrogens is 157 g/mol. The third-order valence-electron chi connectivity index (χ3n) is 0.732. The van der Waals surface area contributed by atoms with Crippen molar-refractivity contribution in [1.82, 2.24) is 5.06 Å². The van der Waals surface area contributed by atoms with E-state index in [-0.39, 0.29) is 12.8 Å². The molecule has 2 N–H and O–H groups in total. The summed E-state index contributed by atoms with van der Waals surface area (Å²) in [6.45, 7) is 0.0529. The topological polar surface area (TPSA) is 70.0 Å². The maximum absolute atomic E-state index is 10.2. The van der Waals surface area contributed by atoms with Crippen molar-refractivity contribution in [2.45, 2.75) is 0 Å². The Morgan fingerprint density at radius 3 is 2.30 bits per heavy atom. The van der Waals surface area contributed by atoms with Crippen LogP contribution in [-0.2, 0) is 9.40 Å². The van der Waals surface area contributed by atoms with Crippen LogP contribution in [-0.4, -0.2) is 41.7 Å². The van der Waals surface area contributed by atoms with E-state index < -0.39 is 7.60 Å². The van der Waals surface area contributed by atoms with Gasteiger partial charge in [-0.25, -0.2) is 0 Å². The van der Waals surface area contributed by atoms with E-state index in [2.05, 4.69) is 0 Å². The smallest absolute Gasteiger partial charge is 0.324 e. The summed E-state index contributed by atoms with van der Waals surface area (Å²) in [6.07, 6.45) is -0.231. The van der Waals surface area contributed by atoms with Gasteiger partial charge in [0, 0.05) is 14.1 Å². The van der Waals surface area contributed by atoms with Crippen LogP contribution in [0.25, 0.3) is 0 Å². The van der Waals surface area contributed by atoms with Crippen LogP contribution in [0.5, 0.6) is 0 Å². The van der Waals surface area contributed by atoms with E-state index in [0.717, 1.165) is 0 Å². The summed E-state index contributed by atoms with van der Waals surface area (Å²) in [4.78, 5) is 21.4. The molecule has 0 unspecified atom stereocenters. The fraction of sp³-hybridized carbons (Fsp3) is 1.00. The number of hydrogen-bond donors (Lipinski definition) is 2. The molecule has 0 aliphatic carbocycles. The van der Waals surface area contributed by atoms with Crippen molar-refractivity contribution in [3.63, 3.8) is 0 Å². The quantitative estimate of drug-likeness (QED) is 0.445. The molecule has 5 nitrogen and oxygen atoms in total. The average Bonchev–Trinajstić information content (AvgIpc) is 1.59. The summed E-state index contributed by atoms with van der Waals surface area (Å²) in [6, 6.07) is 0. The fourth-order valence-corrected chi connectivity index (χ4v) is 0.662. The van der Waals surface area contributed by atoms with Gasteiger partial charge in [-0.15, -0.1) is 0 Å². The molecule has 0 spiro atoms. The summed E-state index contributed by atoms with van der Waals surface area (Å²) in [5, 5.41) is 1.40. The van der Waals surface area contributed by atoms with Crippen LogP contribution in [0.3, 0.4) is 0 Å². The molecule has 0 bridgehead atoms. The van der Waals surface area contributed by atoms with Gasteiger partial charge in [-0.05, 0) is 0 Å². The largest absolute Gasteiger partial charge is 0.327 e. The van der Waals surface area contributed by atoms with Gasteiger partial charge in [-0.2, -0.15) is 5.06 Å². The third-order valence-corrected chi connectivity index (χ3v) is 1.50. The minimum absolute atomic E-state index is 0.0529. The first-order chi connectivity index (χ1) is 4.42. The first kappa shape index (κ1) is 10.1. The number of nitrogens with zero attached hydrogens (tertiary/aromatic N) is 1. The second-order valence-electron chi connectivity index (χ2n) is 2.03. The van der Waals surface area contributed by atoms with Gasteiger partial charge in [0.2, 0.25) is 0 Å². The van der Waals surface area contributed by atoms with E-state index in [9.17, 15) is 4.57 Å². The van der Waals surface area contributed by atoms with Gasteiger partial charge >= 0.3 is 7.60 Å². The highest BCUT2D eigenvalue weighted by molar-refractivity contribution is 7.51. The van der Waals surface area contributed by atoms with Crippen molar-refractivity contribution in [1.29, 1.82) is 0 Å². The van der Waals surface area contributed by atoms with Crippen molar-refractivity contribution in [3.8, 4) is 0 Å². The summed E-state index contributed by atoms with van der Waals surface area (Å²) in [5.74, 6) is 0. The molecule has 0 amide bonds. The Morgan fingerprint density at radius 2 is 2.00 bits per heavy atom. The van der Waals surface area contributed by atoms with Crippen molar-refractivity contribution in [2.24, 2.45) is 0 Å². The lowest BCUT2D eigenvalue weighted by Gasteiger charge is -2.09. The molecule has 62 valence electrons. The highest BCUT2D eigenvalue weighted by Gasteiger charge is 2.11. The first-order valence-corrected chi connectivity index (χ1v) is 4.56. The molecule has 0 radical (unpaired) electrons. The number of hydrogen-bond acceptors (Lipinski definition) is 3. The van der Waals surface area contributed by atoms with Crippen LogP contribution < -0.4 is 0 Å². The van der Waals surface area contributed by atoms with Gasteiger partial charge in [0.15, 0.2) is 0 Å². The zero-order valence-corrected chi connectivity index (χ0v) is 6.91. The summed E-state index contributed by atoms with van der Waals surface area (Å²) in [5.41, 5.74) is 0. The first-order valence-electron chi connectivity index (χ1n) is 2.76. The molecule has 0 saturated heterocycles. The van der Waals surface area contributed by atoms with Crippen LogP contribution in [0.2, 0.25) is 0 Å². The Hall–Kier alpha value is 0.0700. The lowest BCUT2D eigenvalue weighted by molar-refractivity contribution is -0.113. The van der Waals surface area contributed by atoms with E-state index >= 15 is 0 Å². The Morgan fingerprint density at radius 1 is 1.50 bits per heavy atom. The van der Waals surface area contributed by atoms with E-state index in [4.69, 9.17) is 14.6 Å². The molecule has 0 aromatic carbocycles. The Kier molecular flexibility index (Phi) is 4.08. The van der Waals surface area contributed by atoms with Crippen LogP contribution >= 0.6 is 7.60 Å². The fourth-order valence-electron chi connectivity index (χ4n) is 0.342. The Labute approximate surface area is 59.7 Å².